The van der Waals surface area contributed by atoms with Crippen molar-refractivity contribution in [2.75, 3.05) is 11.9 Å². The topological polar surface area (TPSA) is 61.4 Å². The number of hydrogen-bond acceptors (Lipinski definition) is 4. The van der Waals surface area contributed by atoms with Crippen LogP contribution in [0.2, 0.25) is 0 Å². The molecule has 2 fully saturated rings. The van der Waals surface area contributed by atoms with E-state index in [1.54, 1.807) is 0 Å². The van der Waals surface area contributed by atoms with Crippen LogP contribution in [0.5, 0.6) is 5.75 Å². The summed E-state index contributed by atoms with van der Waals surface area (Å²) in [4.78, 5) is 8.70. The lowest BCUT2D eigenvalue weighted by Gasteiger charge is -2.56. The molecule has 3 aliphatic rings. The summed E-state index contributed by atoms with van der Waals surface area (Å²) in [5.41, 5.74) is 6.38. The molecular formula is C26H31F3N2O2. The molecule has 0 aromatic heterocycles. The van der Waals surface area contributed by atoms with E-state index in [1.807, 2.05) is 0 Å². The first kappa shape index (κ1) is 23.6. The van der Waals surface area contributed by atoms with Crippen LogP contribution in [0.3, 0.4) is 0 Å². The summed E-state index contributed by atoms with van der Waals surface area (Å²) < 4.78 is 31.2. The fourth-order valence-electron chi connectivity index (χ4n) is 6.17. The Morgan fingerprint density at radius 1 is 1.18 bits per heavy atom. The van der Waals surface area contributed by atoms with Gasteiger partial charge in [0, 0.05) is 17.1 Å². The van der Waals surface area contributed by atoms with Gasteiger partial charge in [-0.05, 0) is 79.5 Å². The van der Waals surface area contributed by atoms with Gasteiger partial charge in [0.15, 0.2) is 0 Å². The summed E-state index contributed by atoms with van der Waals surface area (Å²) in [6.07, 6.45) is 2.89. The predicted molar refractivity (Wildman–Crippen MR) is 123 cm³/mol. The lowest BCUT2D eigenvalue weighted by atomic mass is 9.53. The third kappa shape index (κ3) is 4.74. The number of aromatic hydroxyl groups is 1. The normalized spacial score (nSPS) is 25.7. The highest BCUT2D eigenvalue weighted by Crippen LogP contribution is 2.55. The lowest BCUT2D eigenvalue weighted by molar-refractivity contribution is -0.156. The zero-order chi connectivity index (χ0) is 23.6. The van der Waals surface area contributed by atoms with Crippen LogP contribution in [0.4, 0.5) is 24.5 Å². The monoisotopic (exact) mass is 460 g/mol. The molecule has 0 radical (unpaired) electrons. The van der Waals surface area contributed by atoms with Gasteiger partial charge in [-0.15, -0.1) is 0 Å². The molecule has 3 N–H and O–H groups in total. The Kier molecular flexibility index (Phi) is 6.71. The molecule has 5 rings (SSSR count). The Balaban J connectivity index is 0.000000385. The minimum atomic E-state index is -4.64. The number of rotatable bonds is 3. The average molecular weight is 461 g/mol. The van der Waals surface area contributed by atoms with Crippen molar-refractivity contribution in [3.63, 3.8) is 0 Å². The zero-order valence-electron chi connectivity index (χ0n) is 18.8. The zero-order valence-corrected chi connectivity index (χ0v) is 18.8. The summed E-state index contributed by atoms with van der Waals surface area (Å²) in [7, 11) is 0. The Morgan fingerprint density at radius 3 is 2.67 bits per heavy atom. The van der Waals surface area contributed by atoms with Gasteiger partial charge in [0.25, 0.3) is 0 Å². The standard InChI is InChI=1S/C24H30N2O.C2HF3O/c1-2-16-7-3-4-9-20(16)26-22-14-17-13-21-18-8-5-6-10-24(18,11-12-25-21)19(17)15-23(22)27;3-2(4,5)1-6/h3-4,7,9,14-15,18,21,25-27H,2,5-6,8,10-13H2,1H3;1H/t18-,21+,24+;/m1./s1. The summed E-state index contributed by atoms with van der Waals surface area (Å²) in [5.74, 6) is 1.14. The SMILES string of the molecule is CCc1ccccc1Nc1cc2c(cc1O)[C@]13CCCC[C@@H]1[C@H](C2)NCC3.O=CC(F)(F)F. The largest absolute Gasteiger partial charge is 0.506 e. The van der Waals surface area contributed by atoms with Crippen LogP contribution in [0.15, 0.2) is 36.4 Å². The molecule has 178 valence electrons. The molecule has 1 heterocycles. The average Bonchev–Trinajstić information content (AvgIpc) is 2.80. The van der Waals surface area contributed by atoms with Gasteiger partial charge in [-0.3, -0.25) is 4.79 Å². The van der Waals surface area contributed by atoms with Crippen molar-refractivity contribution in [2.45, 2.75) is 69.5 Å². The first-order valence-corrected chi connectivity index (χ1v) is 11.7. The van der Waals surface area contributed by atoms with Gasteiger partial charge in [0.1, 0.15) is 5.75 Å². The number of para-hydroxylation sites is 1. The van der Waals surface area contributed by atoms with Gasteiger partial charge >= 0.3 is 6.18 Å². The van der Waals surface area contributed by atoms with Gasteiger partial charge in [0.2, 0.25) is 6.29 Å². The molecule has 3 atom stereocenters. The minimum Gasteiger partial charge on any atom is -0.506 e. The van der Waals surface area contributed by atoms with Gasteiger partial charge in [-0.1, -0.05) is 38.0 Å². The first-order valence-electron chi connectivity index (χ1n) is 11.7. The molecule has 1 saturated heterocycles. The van der Waals surface area contributed by atoms with Gasteiger partial charge in [-0.2, -0.15) is 13.2 Å². The molecule has 4 nitrogen and oxygen atoms in total. The van der Waals surface area contributed by atoms with Gasteiger partial charge < -0.3 is 15.7 Å². The van der Waals surface area contributed by atoms with Crippen molar-refractivity contribution in [2.24, 2.45) is 5.92 Å². The number of anilines is 2. The number of hydrogen-bond donors (Lipinski definition) is 3. The van der Waals surface area contributed by atoms with Crippen molar-refractivity contribution in [3.8, 4) is 5.75 Å². The number of carbonyl (C=O) groups is 1. The number of halogens is 3. The van der Waals surface area contributed by atoms with E-state index >= 15 is 0 Å². The number of alkyl halides is 3. The van der Waals surface area contributed by atoms with Crippen molar-refractivity contribution >= 4 is 17.7 Å². The van der Waals surface area contributed by atoms with Crippen molar-refractivity contribution in [1.29, 1.82) is 0 Å². The van der Waals surface area contributed by atoms with E-state index in [4.69, 9.17) is 4.79 Å². The van der Waals surface area contributed by atoms with Crippen LogP contribution < -0.4 is 10.6 Å². The number of nitrogens with one attached hydrogen (secondary N) is 2. The first-order chi connectivity index (χ1) is 15.8. The molecule has 2 aromatic rings. The molecule has 2 bridgehead atoms. The maximum atomic E-state index is 10.9. The molecule has 0 spiro atoms. The smallest absolute Gasteiger partial charge is 0.446 e. The molecule has 2 aromatic carbocycles. The molecular weight excluding hydrogens is 429 g/mol. The Labute approximate surface area is 192 Å². The van der Waals surface area contributed by atoms with Gasteiger partial charge in [-0.25, -0.2) is 0 Å². The molecule has 2 aliphatic carbocycles. The van der Waals surface area contributed by atoms with E-state index in [-0.39, 0.29) is 0 Å². The number of aldehydes is 1. The fourth-order valence-corrected chi connectivity index (χ4v) is 6.17. The Bertz CT molecular complexity index is 1000. The highest BCUT2D eigenvalue weighted by molar-refractivity contribution is 5.70. The van der Waals surface area contributed by atoms with Crippen LogP contribution >= 0.6 is 0 Å². The number of carbonyl (C=O) groups excluding carboxylic acids is 1. The van der Waals surface area contributed by atoms with E-state index in [1.165, 1.54) is 48.8 Å². The number of phenols is 1. The van der Waals surface area contributed by atoms with Crippen LogP contribution in [0.1, 0.15) is 55.7 Å². The second-order valence-electron chi connectivity index (χ2n) is 9.34. The van der Waals surface area contributed by atoms with E-state index in [9.17, 15) is 18.3 Å². The van der Waals surface area contributed by atoms with E-state index < -0.39 is 12.5 Å². The maximum Gasteiger partial charge on any atom is 0.446 e. The summed E-state index contributed by atoms with van der Waals surface area (Å²) in [5, 5.41) is 18.2. The second-order valence-corrected chi connectivity index (χ2v) is 9.34. The van der Waals surface area contributed by atoms with Crippen LogP contribution in [0, 0.1) is 5.92 Å². The summed E-state index contributed by atoms with van der Waals surface area (Å²) in [6.45, 7) is 3.29. The van der Waals surface area contributed by atoms with E-state index in [0.717, 1.165) is 36.7 Å². The Hall–Kier alpha value is -2.54. The number of benzene rings is 2. The highest BCUT2D eigenvalue weighted by Gasteiger charge is 2.51. The maximum absolute atomic E-state index is 10.9. The van der Waals surface area contributed by atoms with E-state index in [0.29, 0.717) is 17.2 Å². The number of piperidine rings is 1. The quantitative estimate of drug-likeness (QED) is 0.401. The molecule has 1 saturated carbocycles. The van der Waals surface area contributed by atoms with Gasteiger partial charge in [0.05, 0.1) is 5.69 Å². The van der Waals surface area contributed by atoms with Crippen molar-refractivity contribution in [3.05, 3.63) is 53.1 Å². The minimum absolute atomic E-state index is 0.291. The Morgan fingerprint density at radius 2 is 1.94 bits per heavy atom. The summed E-state index contributed by atoms with van der Waals surface area (Å²) >= 11 is 0. The van der Waals surface area contributed by atoms with Crippen molar-refractivity contribution < 1.29 is 23.1 Å². The number of fused-ring (bicyclic) bond motifs is 1. The summed E-state index contributed by atoms with van der Waals surface area (Å²) in [6, 6.07) is 13.3. The lowest BCUT2D eigenvalue weighted by Crippen LogP contribution is -2.59. The van der Waals surface area contributed by atoms with Crippen molar-refractivity contribution in [1.82, 2.24) is 5.32 Å². The molecule has 33 heavy (non-hydrogen) atoms. The fraction of sp³-hybridized carbons (Fsp3) is 0.500. The third-order valence-electron chi connectivity index (χ3n) is 7.56. The number of phenolic OH excluding ortho intramolecular Hbond substituents is 1. The van der Waals surface area contributed by atoms with Crippen LogP contribution in [-0.4, -0.2) is 30.2 Å². The van der Waals surface area contributed by atoms with Crippen LogP contribution in [-0.2, 0) is 23.1 Å². The highest BCUT2D eigenvalue weighted by atomic mass is 19.4. The molecule has 7 heteroatoms. The second kappa shape index (κ2) is 9.37. The number of aryl methyl sites for hydroxylation is 1. The molecule has 0 amide bonds. The van der Waals surface area contributed by atoms with Crippen LogP contribution in [0.25, 0.3) is 0 Å². The van der Waals surface area contributed by atoms with E-state index in [2.05, 4.69) is 54.0 Å². The third-order valence-corrected chi connectivity index (χ3v) is 7.56. The molecule has 1 aliphatic heterocycles. The molecule has 0 unspecified atom stereocenters. The predicted octanol–water partition coefficient (Wildman–Crippen LogP) is 5.79.